The van der Waals surface area contributed by atoms with Gasteiger partial charge in [0.25, 0.3) is 0 Å². The van der Waals surface area contributed by atoms with Crippen molar-refractivity contribution in [1.82, 2.24) is 4.98 Å². The smallest absolute Gasteiger partial charge is 0.106 e. The van der Waals surface area contributed by atoms with E-state index in [1.54, 1.807) is 0 Å². The van der Waals surface area contributed by atoms with Crippen molar-refractivity contribution in [2.75, 3.05) is 6.26 Å². The highest BCUT2D eigenvalue weighted by atomic mass is 79.9. The van der Waals surface area contributed by atoms with Crippen LogP contribution in [-0.2, 0) is 5.75 Å². The van der Waals surface area contributed by atoms with Gasteiger partial charge in [-0.3, -0.25) is 0 Å². The van der Waals surface area contributed by atoms with Crippen LogP contribution < -0.4 is 0 Å². The third kappa shape index (κ3) is 2.31. The third-order valence-electron chi connectivity index (χ3n) is 1.10. The average Bonchev–Trinajstić information content (AvgIpc) is 1.88. The van der Waals surface area contributed by atoms with Crippen LogP contribution in [0.5, 0.6) is 0 Å². The number of thioether (sulfide) groups is 1. The largest absolute Gasteiger partial charge is 0.249 e. The molecular weight excluding hydrogens is 210 g/mol. The molecular formula is C7H8BrNS. The van der Waals surface area contributed by atoms with Crippen molar-refractivity contribution < 1.29 is 0 Å². The van der Waals surface area contributed by atoms with E-state index in [4.69, 9.17) is 0 Å². The SMILES string of the molecule is CSCc1ccnc(Br)c1. The molecule has 0 unspecified atom stereocenters. The van der Waals surface area contributed by atoms with Crippen LogP contribution in [0.4, 0.5) is 0 Å². The van der Waals surface area contributed by atoms with E-state index in [9.17, 15) is 0 Å². The molecule has 0 saturated heterocycles. The van der Waals surface area contributed by atoms with Crippen molar-refractivity contribution in [2.24, 2.45) is 0 Å². The molecule has 0 saturated carbocycles. The summed E-state index contributed by atoms with van der Waals surface area (Å²) in [6.45, 7) is 0. The molecule has 10 heavy (non-hydrogen) atoms. The zero-order valence-electron chi connectivity index (χ0n) is 5.67. The molecule has 0 N–H and O–H groups in total. The quantitative estimate of drug-likeness (QED) is 0.708. The van der Waals surface area contributed by atoms with Crippen LogP contribution in [0.25, 0.3) is 0 Å². The van der Waals surface area contributed by atoms with Crippen molar-refractivity contribution in [2.45, 2.75) is 5.75 Å². The Morgan fingerprint density at radius 1 is 1.70 bits per heavy atom. The number of hydrogen-bond donors (Lipinski definition) is 0. The number of pyridine rings is 1. The minimum atomic E-state index is 0.916. The Morgan fingerprint density at radius 2 is 2.50 bits per heavy atom. The molecule has 54 valence electrons. The molecule has 1 nitrogen and oxygen atoms in total. The molecule has 0 bridgehead atoms. The lowest BCUT2D eigenvalue weighted by Crippen LogP contribution is -1.80. The monoisotopic (exact) mass is 217 g/mol. The number of nitrogens with zero attached hydrogens (tertiary/aromatic N) is 1. The van der Waals surface area contributed by atoms with Crippen molar-refractivity contribution in [3.63, 3.8) is 0 Å². The summed E-state index contributed by atoms with van der Waals surface area (Å²) in [6.07, 6.45) is 3.91. The van der Waals surface area contributed by atoms with Gasteiger partial charge >= 0.3 is 0 Å². The molecule has 0 aromatic carbocycles. The molecule has 0 aliphatic rings. The van der Waals surface area contributed by atoms with Crippen LogP contribution in [0.15, 0.2) is 22.9 Å². The molecule has 0 fully saturated rings. The summed E-state index contributed by atoms with van der Waals surface area (Å²) < 4.78 is 0.916. The van der Waals surface area contributed by atoms with Gasteiger partial charge in [0.05, 0.1) is 0 Å². The van der Waals surface area contributed by atoms with Crippen molar-refractivity contribution in [3.05, 3.63) is 28.5 Å². The first-order chi connectivity index (χ1) is 4.83. The maximum atomic E-state index is 4.03. The van der Waals surface area contributed by atoms with Gasteiger partial charge in [-0.25, -0.2) is 4.98 Å². The Kier molecular flexibility index (Phi) is 3.22. The van der Waals surface area contributed by atoms with Gasteiger partial charge in [0.2, 0.25) is 0 Å². The van der Waals surface area contributed by atoms with Crippen LogP contribution in [0.1, 0.15) is 5.56 Å². The topological polar surface area (TPSA) is 12.9 Å². The Bertz CT molecular complexity index is 215. The van der Waals surface area contributed by atoms with Gasteiger partial charge in [0.1, 0.15) is 4.60 Å². The molecule has 0 atom stereocenters. The second kappa shape index (κ2) is 3.98. The van der Waals surface area contributed by atoms with E-state index in [1.165, 1.54) is 5.56 Å². The van der Waals surface area contributed by atoms with Crippen LogP contribution >= 0.6 is 27.7 Å². The van der Waals surface area contributed by atoms with Gasteiger partial charge < -0.3 is 0 Å². The van der Waals surface area contributed by atoms with Gasteiger partial charge in [-0.05, 0) is 39.9 Å². The van der Waals surface area contributed by atoms with Crippen LogP contribution in [0, 0.1) is 0 Å². The highest BCUT2D eigenvalue weighted by Crippen LogP contribution is 2.12. The molecule has 1 aromatic rings. The third-order valence-corrected chi connectivity index (χ3v) is 2.16. The fourth-order valence-electron chi connectivity index (χ4n) is 0.699. The number of aromatic nitrogens is 1. The lowest BCUT2D eigenvalue weighted by Gasteiger charge is -1.96. The Balaban J connectivity index is 2.75. The van der Waals surface area contributed by atoms with Crippen LogP contribution in [-0.4, -0.2) is 11.2 Å². The number of hydrogen-bond acceptors (Lipinski definition) is 2. The van der Waals surface area contributed by atoms with Crippen LogP contribution in [0.3, 0.4) is 0 Å². The molecule has 1 heterocycles. The van der Waals surface area contributed by atoms with Gasteiger partial charge in [-0.15, -0.1) is 0 Å². The maximum Gasteiger partial charge on any atom is 0.106 e. The van der Waals surface area contributed by atoms with Gasteiger partial charge in [-0.2, -0.15) is 11.8 Å². The second-order valence-electron chi connectivity index (χ2n) is 1.92. The molecule has 0 radical (unpaired) electrons. The minimum absolute atomic E-state index is 0.916. The highest BCUT2D eigenvalue weighted by Gasteiger charge is 1.91. The Morgan fingerprint density at radius 3 is 3.10 bits per heavy atom. The summed E-state index contributed by atoms with van der Waals surface area (Å²) in [5, 5.41) is 0. The minimum Gasteiger partial charge on any atom is -0.249 e. The first-order valence-corrected chi connectivity index (χ1v) is 5.11. The van der Waals surface area contributed by atoms with Crippen molar-refractivity contribution in [1.29, 1.82) is 0 Å². The summed E-state index contributed by atoms with van der Waals surface area (Å²) in [4.78, 5) is 4.03. The van der Waals surface area contributed by atoms with E-state index in [-0.39, 0.29) is 0 Å². The van der Waals surface area contributed by atoms with Crippen molar-refractivity contribution >= 4 is 27.7 Å². The molecule has 3 heteroatoms. The predicted octanol–water partition coefficient (Wildman–Crippen LogP) is 2.71. The van der Waals surface area contributed by atoms with E-state index < -0.39 is 0 Å². The summed E-state index contributed by atoms with van der Waals surface area (Å²) in [5.41, 5.74) is 1.31. The maximum absolute atomic E-state index is 4.03. The van der Waals surface area contributed by atoms with E-state index in [0.29, 0.717) is 0 Å². The zero-order chi connectivity index (χ0) is 7.40. The van der Waals surface area contributed by atoms with E-state index in [2.05, 4.69) is 27.2 Å². The molecule has 0 aliphatic carbocycles. The predicted molar refractivity (Wildman–Crippen MR) is 49.2 cm³/mol. The number of halogens is 1. The highest BCUT2D eigenvalue weighted by molar-refractivity contribution is 9.10. The zero-order valence-corrected chi connectivity index (χ0v) is 8.08. The van der Waals surface area contributed by atoms with Gasteiger partial charge in [0, 0.05) is 11.9 Å². The molecule has 0 spiro atoms. The Labute approximate surface area is 73.4 Å². The molecule has 0 amide bonds. The fourth-order valence-corrected chi connectivity index (χ4v) is 1.62. The van der Waals surface area contributed by atoms with E-state index >= 15 is 0 Å². The standard InChI is InChI=1S/C7H8BrNS/c1-10-5-6-2-3-9-7(8)4-6/h2-4H,5H2,1H3. The normalized spacial score (nSPS) is 9.80. The van der Waals surface area contributed by atoms with Crippen molar-refractivity contribution in [3.8, 4) is 0 Å². The fraction of sp³-hybridized carbons (Fsp3) is 0.286. The Hall–Kier alpha value is -0.0200. The summed E-state index contributed by atoms with van der Waals surface area (Å²) in [6, 6.07) is 4.07. The first-order valence-electron chi connectivity index (χ1n) is 2.92. The summed E-state index contributed by atoms with van der Waals surface area (Å²) >= 11 is 5.13. The van der Waals surface area contributed by atoms with Gasteiger partial charge in [-0.1, -0.05) is 0 Å². The molecule has 1 rings (SSSR count). The summed E-state index contributed by atoms with van der Waals surface area (Å²) in [7, 11) is 0. The molecule has 1 aromatic heterocycles. The van der Waals surface area contributed by atoms with Crippen LogP contribution in [0.2, 0.25) is 0 Å². The average molecular weight is 218 g/mol. The second-order valence-corrected chi connectivity index (χ2v) is 3.60. The van der Waals surface area contributed by atoms with Gasteiger partial charge in [0.15, 0.2) is 0 Å². The van der Waals surface area contributed by atoms with E-state index in [0.717, 1.165) is 10.4 Å². The number of rotatable bonds is 2. The lowest BCUT2D eigenvalue weighted by atomic mass is 10.3. The first kappa shape index (κ1) is 8.08. The molecule has 0 aliphatic heterocycles. The lowest BCUT2D eigenvalue weighted by molar-refractivity contribution is 1.23. The summed E-state index contributed by atoms with van der Waals surface area (Å²) in [5.74, 6) is 1.06. The van der Waals surface area contributed by atoms with E-state index in [1.807, 2.05) is 30.1 Å².